The van der Waals surface area contributed by atoms with Crippen molar-refractivity contribution in [3.63, 3.8) is 0 Å². The average Bonchev–Trinajstić information content (AvgIpc) is 1.98. The number of allylic oxidation sites excluding steroid dienone is 2. The van der Waals surface area contributed by atoms with Crippen molar-refractivity contribution in [2.75, 3.05) is 14.1 Å². The van der Waals surface area contributed by atoms with Crippen LogP contribution < -0.4 is 0 Å². The predicted molar refractivity (Wildman–Crippen MR) is 56.3 cm³/mol. The molecule has 0 amide bonds. The lowest BCUT2D eigenvalue weighted by Crippen LogP contribution is -2.25. The molecule has 0 bridgehead atoms. The molecule has 0 N–H and O–H groups in total. The third kappa shape index (κ3) is 3.72. The monoisotopic (exact) mass is 167 g/mol. The van der Waals surface area contributed by atoms with Gasteiger partial charge in [0.2, 0.25) is 0 Å². The number of hydrogen-bond acceptors (Lipinski definition) is 1. The van der Waals surface area contributed by atoms with Gasteiger partial charge in [0.1, 0.15) is 0 Å². The predicted octanol–water partition coefficient (Wildman–Crippen LogP) is 2.85. The number of nitrogens with zero attached hydrogens (tertiary/aromatic N) is 1. The van der Waals surface area contributed by atoms with E-state index in [9.17, 15) is 0 Å². The molecule has 1 nitrogen and oxygen atoms in total. The van der Waals surface area contributed by atoms with E-state index in [1.165, 1.54) is 11.1 Å². The maximum atomic E-state index is 2.24. The van der Waals surface area contributed by atoms with Crippen molar-refractivity contribution in [2.45, 2.75) is 33.7 Å². The van der Waals surface area contributed by atoms with Crippen LogP contribution in [0.4, 0.5) is 0 Å². The lowest BCUT2D eigenvalue weighted by atomic mass is 10.1. The Balaban J connectivity index is 4.49. The third-order valence-corrected chi connectivity index (χ3v) is 2.05. The highest BCUT2D eigenvalue weighted by Gasteiger charge is 2.06. The normalized spacial score (nSPS) is 14.8. The first kappa shape index (κ1) is 11.4. The Hall–Kier alpha value is -0.560. The quantitative estimate of drug-likeness (QED) is 0.584. The first-order chi connectivity index (χ1) is 5.49. The molecule has 0 aliphatic rings. The van der Waals surface area contributed by atoms with Crippen molar-refractivity contribution >= 4 is 0 Å². The molecule has 0 aromatic heterocycles. The fourth-order valence-corrected chi connectivity index (χ4v) is 1.08. The second kappa shape index (κ2) is 5.15. The molecule has 0 aromatic carbocycles. The van der Waals surface area contributed by atoms with Gasteiger partial charge in [-0.05, 0) is 47.4 Å². The Kier molecular flexibility index (Phi) is 4.91. The second-order valence-electron chi connectivity index (χ2n) is 3.65. The minimum absolute atomic E-state index is 0.505. The summed E-state index contributed by atoms with van der Waals surface area (Å²) in [6.07, 6.45) is 4.42. The van der Waals surface area contributed by atoms with E-state index in [4.69, 9.17) is 0 Å². The van der Waals surface area contributed by atoms with Gasteiger partial charge in [-0.25, -0.2) is 0 Å². The summed E-state index contributed by atoms with van der Waals surface area (Å²) in [4.78, 5) is 2.22. The van der Waals surface area contributed by atoms with Gasteiger partial charge in [-0.1, -0.05) is 17.7 Å². The van der Waals surface area contributed by atoms with Gasteiger partial charge in [0, 0.05) is 6.04 Å². The molecule has 0 fully saturated rings. The Morgan fingerprint density at radius 1 is 1.25 bits per heavy atom. The summed E-state index contributed by atoms with van der Waals surface area (Å²) in [5.74, 6) is 0. The molecule has 0 aliphatic heterocycles. The highest BCUT2D eigenvalue weighted by molar-refractivity contribution is 5.25. The summed E-state index contributed by atoms with van der Waals surface area (Å²) >= 11 is 0. The summed E-state index contributed by atoms with van der Waals surface area (Å²) in [7, 11) is 4.21. The second-order valence-corrected chi connectivity index (χ2v) is 3.65. The lowest BCUT2D eigenvalue weighted by molar-refractivity contribution is 0.354. The van der Waals surface area contributed by atoms with Gasteiger partial charge >= 0.3 is 0 Å². The molecular weight excluding hydrogens is 146 g/mol. The van der Waals surface area contributed by atoms with E-state index in [0.717, 1.165) is 0 Å². The van der Waals surface area contributed by atoms with Gasteiger partial charge in [0.15, 0.2) is 0 Å². The van der Waals surface area contributed by atoms with Gasteiger partial charge in [0.25, 0.3) is 0 Å². The third-order valence-electron chi connectivity index (χ3n) is 2.05. The zero-order chi connectivity index (χ0) is 9.72. The summed E-state index contributed by atoms with van der Waals surface area (Å²) in [5.41, 5.74) is 2.75. The van der Waals surface area contributed by atoms with Crippen LogP contribution in [0.2, 0.25) is 0 Å². The molecule has 1 heteroatoms. The van der Waals surface area contributed by atoms with Gasteiger partial charge in [0.05, 0.1) is 0 Å². The maximum absolute atomic E-state index is 2.24. The zero-order valence-corrected chi connectivity index (χ0v) is 9.18. The molecule has 12 heavy (non-hydrogen) atoms. The van der Waals surface area contributed by atoms with E-state index in [2.05, 4.69) is 58.8 Å². The number of likely N-dealkylation sites (N-methyl/N-ethyl adjacent to an activating group) is 1. The maximum Gasteiger partial charge on any atom is 0.0310 e. The SMILES string of the molecule is C/C=C(\C=C(C)C)C(C)N(C)C. The topological polar surface area (TPSA) is 3.24 Å². The highest BCUT2D eigenvalue weighted by Crippen LogP contribution is 2.10. The van der Waals surface area contributed by atoms with Gasteiger partial charge in [-0.3, -0.25) is 0 Å². The first-order valence-electron chi connectivity index (χ1n) is 4.46. The molecule has 70 valence electrons. The van der Waals surface area contributed by atoms with E-state index in [-0.39, 0.29) is 0 Å². The van der Waals surface area contributed by atoms with Gasteiger partial charge in [-0.2, -0.15) is 0 Å². The molecule has 0 radical (unpaired) electrons. The molecule has 0 saturated heterocycles. The standard InChI is InChI=1S/C11H21N/c1-7-11(8-9(2)3)10(4)12(5)6/h7-8,10H,1-6H3/b11-7+. The fourth-order valence-electron chi connectivity index (χ4n) is 1.08. The summed E-state index contributed by atoms with van der Waals surface area (Å²) in [6, 6.07) is 0.505. The van der Waals surface area contributed by atoms with Crippen LogP contribution in [0.15, 0.2) is 23.3 Å². The van der Waals surface area contributed by atoms with Crippen molar-refractivity contribution in [1.29, 1.82) is 0 Å². The lowest BCUT2D eigenvalue weighted by Gasteiger charge is -2.21. The van der Waals surface area contributed by atoms with E-state index in [1.807, 2.05) is 0 Å². The molecule has 0 aliphatic carbocycles. The average molecular weight is 167 g/mol. The Bertz CT molecular complexity index is 183. The Labute approximate surface area is 76.8 Å². The Morgan fingerprint density at radius 2 is 1.75 bits per heavy atom. The van der Waals surface area contributed by atoms with E-state index >= 15 is 0 Å². The van der Waals surface area contributed by atoms with Crippen molar-refractivity contribution in [1.82, 2.24) is 4.90 Å². The van der Waals surface area contributed by atoms with Crippen LogP contribution in [0.1, 0.15) is 27.7 Å². The van der Waals surface area contributed by atoms with Crippen LogP contribution in [0, 0.1) is 0 Å². The van der Waals surface area contributed by atoms with Crippen molar-refractivity contribution in [3.8, 4) is 0 Å². The zero-order valence-electron chi connectivity index (χ0n) is 9.18. The summed E-state index contributed by atoms with van der Waals surface area (Å²) < 4.78 is 0. The van der Waals surface area contributed by atoms with Crippen LogP contribution in [0.5, 0.6) is 0 Å². The number of rotatable bonds is 3. The van der Waals surface area contributed by atoms with Crippen LogP contribution in [0.3, 0.4) is 0 Å². The van der Waals surface area contributed by atoms with Crippen LogP contribution >= 0.6 is 0 Å². The minimum Gasteiger partial charge on any atom is -0.303 e. The van der Waals surface area contributed by atoms with Crippen molar-refractivity contribution in [2.24, 2.45) is 0 Å². The Morgan fingerprint density at radius 3 is 2.00 bits per heavy atom. The summed E-state index contributed by atoms with van der Waals surface area (Å²) in [5, 5.41) is 0. The highest BCUT2D eigenvalue weighted by atomic mass is 15.1. The first-order valence-corrected chi connectivity index (χ1v) is 4.46. The molecule has 0 saturated carbocycles. The molecular formula is C11H21N. The van der Waals surface area contributed by atoms with Crippen molar-refractivity contribution in [3.05, 3.63) is 23.3 Å². The van der Waals surface area contributed by atoms with E-state index < -0.39 is 0 Å². The van der Waals surface area contributed by atoms with Crippen LogP contribution in [-0.4, -0.2) is 25.0 Å². The smallest absolute Gasteiger partial charge is 0.0310 e. The van der Waals surface area contributed by atoms with Crippen LogP contribution in [0.25, 0.3) is 0 Å². The molecule has 0 heterocycles. The molecule has 1 atom stereocenters. The van der Waals surface area contributed by atoms with Crippen molar-refractivity contribution < 1.29 is 0 Å². The minimum atomic E-state index is 0.505. The van der Waals surface area contributed by atoms with E-state index in [1.54, 1.807) is 0 Å². The molecule has 0 rings (SSSR count). The molecule has 1 unspecified atom stereocenters. The largest absolute Gasteiger partial charge is 0.303 e. The fraction of sp³-hybridized carbons (Fsp3) is 0.636. The summed E-state index contributed by atoms with van der Waals surface area (Å²) in [6.45, 7) is 8.57. The van der Waals surface area contributed by atoms with Gasteiger partial charge < -0.3 is 4.90 Å². The van der Waals surface area contributed by atoms with Crippen LogP contribution in [-0.2, 0) is 0 Å². The number of hydrogen-bond donors (Lipinski definition) is 0. The van der Waals surface area contributed by atoms with E-state index in [0.29, 0.717) is 6.04 Å². The molecule has 0 spiro atoms. The molecule has 0 aromatic rings. The van der Waals surface area contributed by atoms with Gasteiger partial charge in [-0.15, -0.1) is 0 Å².